The van der Waals surface area contributed by atoms with Crippen LogP contribution in [-0.4, -0.2) is 45.4 Å². The second kappa shape index (κ2) is 12.2. The Labute approximate surface area is 226 Å². The highest BCUT2D eigenvalue weighted by Crippen LogP contribution is 2.33. The van der Waals surface area contributed by atoms with E-state index >= 15 is 0 Å². The van der Waals surface area contributed by atoms with Crippen LogP contribution >= 0.6 is 23.2 Å². The molecule has 0 radical (unpaired) electrons. The van der Waals surface area contributed by atoms with Gasteiger partial charge >= 0.3 is 0 Å². The highest BCUT2D eigenvalue weighted by molar-refractivity contribution is 6.31. The van der Waals surface area contributed by atoms with Gasteiger partial charge in [0.25, 0.3) is 0 Å². The van der Waals surface area contributed by atoms with Gasteiger partial charge in [0.1, 0.15) is 6.29 Å². The molecule has 2 saturated heterocycles. The third-order valence-electron chi connectivity index (χ3n) is 7.75. The Balaban J connectivity index is 0.000000202. The second-order valence-corrected chi connectivity index (χ2v) is 12.0. The van der Waals surface area contributed by atoms with Crippen molar-refractivity contribution < 1.29 is 9.90 Å². The number of aliphatic hydroxyl groups is 1. The lowest BCUT2D eigenvalue weighted by Crippen LogP contribution is -2.37. The molecule has 2 aromatic carbocycles. The number of hydrogen-bond donors (Lipinski definition) is 1. The molecule has 0 amide bonds. The molecule has 1 atom stereocenters. The molecule has 4 nitrogen and oxygen atoms in total. The normalized spacial score (nSPS) is 20.0. The van der Waals surface area contributed by atoms with Gasteiger partial charge in [0.15, 0.2) is 0 Å². The van der Waals surface area contributed by atoms with Crippen molar-refractivity contribution in [3.8, 4) is 0 Å². The average molecular weight is 532 g/mol. The van der Waals surface area contributed by atoms with Crippen molar-refractivity contribution in [1.29, 1.82) is 0 Å². The Morgan fingerprint density at radius 3 is 1.89 bits per heavy atom. The number of carbonyl (C=O) groups excluding carboxylic acids is 1. The predicted molar refractivity (Wildman–Crippen MR) is 151 cm³/mol. The molecule has 0 saturated carbocycles. The van der Waals surface area contributed by atoms with Crippen LogP contribution in [0.2, 0.25) is 10.0 Å². The molecule has 0 aliphatic carbocycles. The molecule has 6 heteroatoms. The molecule has 2 fully saturated rings. The van der Waals surface area contributed by atoms with Crippen molar-refractivity contribution in [1.82, 2.24) is 9.80 Å². The zero-order valence-electron chi connectivity index (χ0n) is 22.1. The number of aliphatic hydroxyl groups excluding tert-OH is 1. The van der Waals surface area contributed by atoms with Crippen molar-refractivity contribution in [2.75, 3.05) is 13.1 Å². The van der Waals surface area contributed by atoms with Gasteiger partial charge in [0.2, 0.25) is 0 Å². The Morgan fingerprint density at radius 1 is 0.917 bits per heavy atom. The second-order valence-electron chi connectivity index (χ2n) is 11.2. The van der Waals surface area contributed by atoms with Gasteiger partial charge in [0, 0.05) is 39.8 Å². The molecule has 196 valence electrons. The first kappa shape index (κ1) is 28.9. The van der Waals surface area contributed by atoms with E-state index in [2.05, 4.69) is 44.1 Å². The maximum atomic E-state index is 11.0. The highest BCUT2D eigenvalue weighted by atomic mass is 35.5. The molecule has 36 heavy (non-hydrogen) atoms. The van der Waals surface area contributed by atoms with Crippen molar-refractivity contribution in [2.45, 2.75) is 83.6 Å². The Kier molecular flexibility index (Phi) is 9.81. The van der Waals surface area contributed by atoms with Crippen LogP contribution in [0.25, 0.3) is 0 Å². The van der Waals surface area contributed by atoms with Gasteiger partial charge in [-0.25, -0.2) is 0 Å². The summed E-state index contributed by atoms with van der Waals surface area (Å²) >= 11 is 12.1. The fourth-order valence-corrected chi connectivity index (χ4v) is 5.67. The monoisotopic (exact) mass is 530 g/mol. The number of likely N-dealkylation sites (tertiary alicyclic amines) is 2. The Bertz CT molecular complexity index is 1070. The molecule has 2 aliphatic rings. The Morgan fingerprint density at radius 2 is 1.42 bits per heavy atom. The van der Waals surface area contributed by atoms with E-state index in [0.717, 1.165) is 54.7 Å². The van der Waals surface area contributed by atoms with Crippen LogP contribution < -0.4 is 0 Å². The van der Waals surface area contributed by atoms with Crippen molar-refractivity contribution in [2.24, 2.45) is 0 Å². The number of nitrogens with zero attached hydrogens (tertiary/aromatic N) is 2. The summed E-state index contributed by atoms with van der Waals surface area (Å²) in [6, 6.07) is 11.1. The number of hydrogen-bond acceptors (Lipinski definition) is 4. The zero-order valence-corrected chi connectivity index (χ0v) is 23.6. The van der Waals surface area contributed by atoms with Crippen LogP contribution in [0.1, 0.15) is 86.5 Å². The fraction of sp³-hybridized carbons (Fsp3) is 0.500. The van der Waals surface area contributed by atoms with Crippen molar-refractivity contribution in [3.63, 3.8) is 0 Å². The summed E-state index contributed by atoms with van der Waals surface area (Å²) in [4.78, 5) is 15.9. The smallest absolute Gasteiger partial charge is 0.150 e. The quantitative estimate of drug-likeness (QED) is 0.298. The lowest BCUT2D eigenvalue weighted by molar-refractivity contribution is 0.111. The number of carbonyl (C=O) groups is 1. The summed E-state index contributed by atoms with van der Waals surface area (Å²) in [6.07, 6.45) is 6.72. The fourth-order valence-electron chi connectivity index (χ4n) is 5.28. The first-order chi connectivity index (χ1) is 17.0. The van der Waals surface area contributed by atoms with Crippen molar-refractivity contribution >= 4 is 29.5 Å². The average Bonchev–Trinajstić information content (AvgIpc) is 3.33. The minimum atomic E-state index is -0.627. The third kappa shape index (κ3) is 7.20. The van der Waals surface area contributed by atoms with E-state index in [1.165, 1.54) is 25.7 Å². The number of aldehydes is 1. The van der Waals surface area contributed by atoms with Gasteiger partial charge in [0.05, 0.1) is 6.10 Å². The van der Waals surface area contributed by atoms with Gasteiger partial charge in [-0.05, 0) is 113 Å². The molecule has 4 rings (SSSR count). The van der Waals surface area contributed by atoms with Gasteiger partial charge in [-0.3, -0.25) is 14.6 Å². The molecule has 2 aliphatic heterocycles. The van der Waals surface area contributed by atoms with E-state index in [9.17, 15) is 9.90 Å². The summed E-state index contributed by atoms with van der Waals surface area (Å²) in [5.41, 5.74) is 4.22. The van der Waals surface area contributed by atoms with Crippen LogP contribution in [0.3, 0.4) is 0 Å². The minimum Gasteiger partial charge on any atom is -0.384 e. The molecule has 2 aromatic rings. The molecule has 1 unspecified atom stereocenters. The maximum Gasteiger partial charge on any atom is 0.150 e. The summed E-state index contributed by atoms with van der Waals surface area (Å²) in [5.74, 6) is 0. The topological polar surface area (TPSA) is 43.8 Å². The molecule has 0 bridgehead atoms. The van der Waals surface area contributed by atoms with E-state index in [0.29, 0.717) is 10.0 Å². The first-order valence-electron chi connectivity index (χ1n) is 12.8. The van der Waals surface area contributed by atoms with Gasteiger partial charge < -0.3 is 5.11 Å². The standard InChI is InChI=1S/C16H22ClNO.C14H18ClNO/c1-4-15(19)14-7-6-13(17)10-12(14)11-18-9-5-8-16(18,2)3;1-14(2)6-3-7-16(14)9-12-8-13(15)5-4-11(12)10-17/h4,6-7,10,15,19H,1,5,8-9,11H2,2-3H3;4-5,8,10H,3,6-7,9H2,1-2H3. The molecular formula is C30H40Cl2N2O2. The largest absolute Gasteiger partial charge is 0.384 e. The van der Waals surface area contributed by atoms with E-state index in [-0.39, 0.29) is 11.1 Å². The van der Waals surface area contributed by atoms with Gasteiger partial charge in [-0.2, -0.15) is 0 Å². The summed E-state index contributed by atoms with van der Waals surface area (Å²) in [5, 5.41) is 11.4. The number of benzene rings is 2. The molecule has 1 N–H and O–H groups in total. The minimum absolute atomic E-state index is 0.221. The molecule has 0 spiro atoms. The SMILES string of the molecule is C=CC(O)c1ccc(Cl)cc1CN1CCCC1(C)C.CC1(C)CCCN1Cc1cc(Cl)ccc1C=O. The van der Waals surface area contributed by atoms with E-state index in [1.54, 1.807) is 18.2 Å². The summed E-state index contributed by atoms with van der Waals surface area (Å²) in [7, 11) is 0. The first-order valence-corrected chi connectivity index (χ1v) is 13.5. The van der Waals surface area contributed by atoms with Crippen LogP contribution in [0.5, 0.6) is 0 Å². The molecule has 0 aromatic heterocycles. The van der Waals surface area contributed by atoms with E-state index in [1.807, 2.05) is 24.3 Å². The zero-order chi connectivity index (χ0) is 26.5. The van der Waals surface area contributed by atoms with E-state index in [4.69, 9.17) is 23.2 Å². The van der Waals surface area contributed by atoms with Crippen LogP contribution in [-0.2, 0) is 13.1 Å². The number of halogens is 2. The van der Waals surface area contributed by atoms with Crippen LogP contribution in [0.4, 0.5) is 0 Å². The highest BCUT2D eigenvalue weighted by Gasteiger charge is 2.33. The third-order valence-corrected chi connectivity index (χ3v) is 8.22. The molecule has 2 heterocycles. The van der Waals surface area contributed by atoms with Gasteiger partial charge in [-0.1, -0.05) is 35.3 Å². The van der Waals surface area contributed by atoms with Crippen LogP contribution in [0.15, 0.2) is 49.1 Å². The lowest BCUT2D eigenvalue weighted by atomic mass is 9.98. The summed E-state index contributed by atoms with van der Waals surface area (Å²) < 4.78 is 0. The summed E-state index contributed by atoms with van der Waals surface area (Å²) in [6.45, 7) is 16.5. The van der Waals surface area contributed by atoms with Crippen molar-refractivity contribution in [3.05, 3.63) is 81.4 Å². The predicted octanol–water partition coefficient (Wildman–Crippen LogP) is 7.46. The van der Waals surface area contributed by atoms with E-state index < -0.39 is 6.10 Å². The number of rotatable bonds is 7. The lowest BCUT2D eigenvalue weighted by Gasteiger charge is -2.32. The molecular weight excluding hydrogens is 491 g/mol. The Hall–Kier alpha value is -1.69. The van der Waals surface area contributed by atoms with Crippen LogP contribution in [0, 0.1) is 0 Å². The van der Waals surface area contributed by atoms with Gasteiger partial charge in [-0.15, -0.1) is 6.58 Å². The maximum absolute atomic E-state index is 11.0.